The molecule has 0 spiro atoms. The average Bonchev–Trinajstić information content (AvgIpc) is 2.97. The van der Waals surface area contributed by atoms with Gasteiger partial charge in [-0.05, 0) is 40.4 Å². The molecule has 0 amide bonds. The van der Waals surface area contributed by atoms with E-state index < -0.39 is 11.2 Å². The summed E-state index contributed by atoms with van der Waals surface area (Å²) < 4.78 is 4.09. The summed E-state index contributed by atoms with van der Waals surface area (Å²) in [6.45, 7) is 2.43. The molecule has 0 aliphatic rings. The largest absolute Gasteiger partial charge is 0.332 e. The van der Waals surface area contributed by atoms with Crippen LogP contribution in [0, 0.1) is 6.92 Å². The maximum absolute atomic E-state index is 12.7. The number of halogens is 1. The molecule has 2 heterocycles. The normalized spacial score (nSPS) is 11.5. The van der Waals surface area contributed by atoms with Gasteiger partial charge in [0.1, 0.15) is 0 Å². The van der Waals surface area contributed by atoms with Gasteiger partial charge in [-0.15, -0.1) is 0 Å². The van der Waals surface area contributed by atoms with Crippen LogP contribution in [0.3, 0.4) is 0 Å². The molecular weight excluding hydrogens is 352 g/mol. The zero-order valence-corrected chi connectivity index (χ0v) is 15.4. The summed E-state index contributed by atoms with van der Waals surface area (Å²) in [7, 11) is 3.04. The summed E-state index contributed by atoms with van der Waals surface area (Å²) in [5, 5.41) is 2.41. The second-order valence-electron chi connectivity index (χ2n) is 6.43. The zero-order chi connectivity index (χ0) is 18.6. The quantitative estimate of drug-likeness (QED) is 0.511. The van der Waals surface area contributed by atoms with E-state index in [9.17, 15) is 9.59 Å². The lowest BCUT2D eigenvalue weighted by molar-refractivity contribution is 0.702. The first kappa shape index (κ1) is 16.6. The smallest absolute Gasteiger partial charge is 0.304 e. The third-order valence-corrected chi connectivity index (χ3v) is 5.18. The van der Waals surface area contributed by atoms with Crippen molar-refractivity contribution >= 4 is 33.5 Å². The van der Waals surface area contributed by atoms with Crippen molar-refractivity contribution in [2.45, 2.75) is 13.5 Å². The van der Waals surface area contributed by atoms with Crippen molar-refractivity contribution in [2.75, 3.05) is 0 Å². The topological polar surface area (TPSA) is 61.8 Å². The highest BCUT2D eigenvalue weighted by molar-refractivity contribution is 6.29. The Morgan fingerprint density at radius 3 is 2.54 bits per heavy atom. The number of nitrogens with zero attached hydrogens (tertiary/aromatic N) is 4. The summed E-state index contributed by atoms with van der Waals surface area (Å²) in [6.07, 6.45) is 0. The standard InChI is InChI=1S/C19H17ClN4O2/c1-11-8-9-12-6-4-5-7-13(12)14(11)10-24-15-16(21-18(24)20)22(2)19(26)23(3)17(15)25/h4-9H,10H2,1-3H3. The number of aryl methyl sites for hydroxylation is 2. The molecular formula is C19H17ClN4O2. The number of rotatable bonds is 2. The summed E-state index contributed by atoms with van der Waals surface area (Å²) in [4.78, 5) is 29.1. The van der Waals surface area contributed by atoms with Crippen LogP contribution in [0.1, 0.15) is 11.1 Å². The first-order valence-electron chi connectivity index (χ1n) is 8.19. The molecule has 0 fully saturated rings. The third-order valence-electron chi connectivity index (χ3n) is 4.89. The number of aromatic nitrogens is 4. The Bertz CT molecular complexity index is 1300. The SMILES string of the molecule is Cc1ccc2ccccc2c1Cn1c(Cl)nc2c1c(=O)n(C)c(=O)n2C. The minimum Gasteiger partial charge on any atom is -0.304 e. The van der Waals surface area contributed by atoms with E-state index in [4.69, 9.17) is 11.6 Å². The van der Waals surface area contributed by atoms with Crippen molar-refractivity contribution in [3.8, 4) is 0 Å². The predicted molar refractivity (Wildman–Crippen MR) is 103 cm³/mol. The molecule has 0 saturated heterocycles. The maximum atomic E-state index is 12.7. The molecule has 0 atom stereocenters. The van der Waals surface area contributed by atoms with Gasteiger partial charge in [-0.3, -0.25) is 13.9 Å². The lowest BCUT2D eigenvalue weighted by Gasteiger charge is -2.13. The van der Waals surface area contributed by atoms with E-state index in [0.29, 0.717) is 17.7 Å². The minimum absolute atomic E-state index is 0.186. The molecule has 0 unspecified atom stereocenters. The first-order chi connectivity index (χ1) is 12.4. The van der Waals surface area contributed by atoms with Crippen molar-refractivity contribution in [2.24, 2.45) is 14.1 Å². The van der Waals surface area contributed by atoms with Crippen LogP contribution >= 0.6 is 11.6 Å². The van der Waals surface area contributed by atoms with Crippen LogP contribution in [0.15, 0.2) is 46.0 Å². The summed E-state index contributed by atoms with van der Waals surface area (Å²) in [6, 6.07) is 12.2. The molecule has 0 saturated carbocycles. The fraction of sp³-hybridized carbons (Fsp3) is 0.211. The van der Waals surface area contributed by atoms with Crippen molar-refractivity contribution in [3.05, 3.63) is 73.6 Å². The second-order valence-corrected chi connectivity index (χ2v) is 6.77. The van der Waals surface area contributed by atoms with Gasteiger partial charge in [-0.2, -0.15) is 4.98 Å². The van der Waals surface area contributed by atoms with Crippen molar-refractivity contribution < 1.29 is 0 Å². The van der Waals surface area contributed by atoms with Gasteiger partial charge in [0.25, 0.3) is 5.56 Å². The van der Waals surface area contributed by atoms with E-state index in [0.717, 1.165) is 26.5 Å². The highest BCUT2D eigenvalue weighted by Crippen LogP contribution is 2.25. The van der Waals surface area contributed by atoms with E-state index in [1.807, 2.05) is 19.1 Å². The number of hydrogen-bond donors (Lipinski definition) is 0. The van der Waals surface area contributed by atoms with E-state index in [-0.39, 0.29) is 5.28 Å². The fourth-order valence-electron chi connectivity index (χ4n) is 3.38. The number of benzene rings is 2. The molecule has 4 aromatic rings. The Hall–Kier alpha value is -2.86. The Morgan fingerprint density at radius 2 is 1.77 bits per heavy atom. The molecule has 0 radical (unpaired) electrons. The Morgan fingerprint density at radius 1 is 1.04 bits per heavy atom. The predicted octanol–water partition coefficient (Wildman–Crippen LogP) is 2.60. The van der Waals surface area contributed by atoms with Crippen molar-refractivity contribution in [1.29, 1.82) is 0 Å². The Balaban J connectivity index is 2.04. The van der Waals surface area contributed by atoms with E-state index in [1.54, 1.807) is 11.6 Å². The van der Waals surface area contributed by atoms with Crippen LogP contribution in [-0.4, -0.2) is 18.7 Å². The summed E-state index contributed by atoms with van der Waals surface area (Å²) in [5.74, 6) is 0. The van der Waals surface area contributed by atoms with Gasteiger partial charge in [0.05, 0.1) is 6.54 Å². The van der Waals surface area contributed by atoms with Crippen molar-refractivity contribution in [3.63, 3.8) is 0 Å². The van der Waals surface area contributed by atoms with E-state index in [2.05, 4.69) is 29.2 Å². The van der Waals surface area contributed by atoms with Crippen LogP contribution in [0.5, 0.6) is 0 Å². The van der Waals surface area contributed by atoms with Gasteiger partial charge in [-0.1, -0.05) is 36.4 Å². The molecule has 0 N–H and O–H groups in total. The molecule has 4 rings (SSSR count). The molecule has 0 bridgehead atoms. The number of fused-ring (bicyclic) bond motifs is 2. The van der Waals surface area contributed by atoms with Crippen LogP contribution in [0.4, 0.5) is 0 Å². The monoisotopic (exact) mass is 368 g/mol. The molecule has 7 heteroatoms. The second kappa shape index (κ2) is 5.85. The van der Waals surface area contributed by atoms with Crippen LogP contribution in [0.2, 0.25) is 5.28 Å². The summed E-state index contributed by atoms with van der Waals surface area (Å²) >= 11 is 6.36. The highest BCUT2D eigenvalue weighted by Gasteiger charge is 2.19. The molecule has 26 heavy (non-hydrogen) atoms. The Kier molecular flexibility index (Phi) is 3.73. The fourth-order valence-corrected chi connectivity index (χ4v) is 3.60. The van der Waals surface area contributed by atoms with Gasteiger partial charge < -0.3 is 4.57 Å². The van der Waals surface area contributed by atoms with Gasteiger partial charge >= 0.3 is 5.69 Å². The lowest BCUT2D eigenvalue weighted by atomic mass is 9.99. The molecule has 2 aromatic heterocycles. The van der Waals surface area contributed by atoms with Gasteiger partial charge in [-0.25, -0.2) is 4.79 Å². The molecule has 6 nitrogen and oxygen atoms in total. The van der Waals surface area contributed by atoms with Gasteiger partial charge in [0, 0.05) is 14.1 Å². The van der Waals surface area contributed by atoms with Gasteiger partial charge in [0.15, 0.2) is 11.2 Å². The lowest BCUT2D eigenvalue weighted by Crippen LogP contribution is -2.37. The number of imidazole rings is 1. The van der Waals surface area contributed by atoms with Crippen LogP contribution in [0.25, 0.3) is 21.9 Å². The summed E-state index contributed by atoms with van der Waals surface area (Å²) in [5.41, 5.74) is 1.96. The molecule has 0 aliphatic carbocycles. The van der Waals surface area contributed by atoms with Crippen molar-refractivity contribution in [1.82, 2.24) is 18.7 Å². The van der Waals surface area contributed by atoms with Gasteiger partial charge in [0.2, 0.25) is 5.28 Å². The van der Waals surface area contributed by atoms with E-state index in [1.165, 1.54) is 11.6 Å². The minimum atomic E-state index is -0.426. The molecule has 2 aromatic carbocycles. The number of hydrogen-bond acceptors (Lipinski definition) is 3. The average molecular weight is 369 g/mol. The Labute approximate surface area is 153 Å². The van der Waals surface area contributed by atoms with Crippen LogP contribution in [-0.2, 0) is 20.6 Å². The first-order valence-corrected chi connectivity index (χ1v) is 8.57. The van der Waals surface area contributed by atoms with Crippen LogP contribution < -0.4 is 11.2 Å². The maximum Gasteiger partial charge on any atom is 0.332 e. The molecule has 0 aliphatic heterocycles. The third kappa shape index (κ3) is 2.29. The molecule has 132 valence electrons. The zero-order valence-electron chi connectivity index (χ0n) is 14.7. The highest BCUT2D eigenvalue weighted by atomic mass is 35.5. The van der Waals surface area contributed by atoms with E-state index >= 15 is 0 Å².